The topological polar surface area (TPSA) is 95.5 Å². The Kier molecular flexibility index (Phi) is 6.98. The van der Waals surface area contributed by atoms with E-state index in [9.17, 15) is 19.5 Å². The van der Waals surface area contributed by atoms with Crippen LogP contribution in [0.5, 0.6) is 0 Å². The largest absolute Gasteiger partial charge is 0.480 e. The molecule has 6 heteroatoms. The molecule has 1 saturated carbocycles. The summed E-state index contributed by atoms with van der Waals surface area (Å²) in [6.07, 6.45) is 4.89. The van der Waals surface area contributed by atoms with Gasteiger partial charge in [-0.05, 0) is 18.4 Å². The molecule has 0 saturated heterocycles. The van der Waals surface area contributed by atoms with Gasteiger partial charge in [-0.2, -0.15) is 0 Å². The number of carboxylic acids is 1. The van der Waals surface area contributed by atoms with Crippen molar-refractivity contribution in [1.82, 2.24) is 10.6 Å². The Labute approximate surface area is 148 Å². The second kappa shape index (κ2) is 9.20. The lowest BCUT2D eigenvalue weighted by Gasteiger charge is -2.29. The number of carbonyl (C=O) groups is 3. The Morgan fingerprint density at radius 3 is 2.20 bits per heavy atom. The van der Waals surface area contributed by atoms with Gasteiger partial charge in [0.1, 0.15) is 5.54 Å². The average molecular weight is 346 g/mol. The molecule has 1 aliphatic rings. The van der Waals surface area contributed by atoms with E-state index in [2.05, 4.69) is 10.6 Å². The number of hydrogen-bond donors (Lipinski definition) is 3. The molecule has 0 aliphatic heterocycles. The summed E-state index contributed by atoms with van der Waals surface area (Å²) in [6.45, 7) is 0.202. The van der Waals surface area contributed by atoms with Gasteiger partial charge in [0.05, 0.1) is 6.42 Å². The van der Waals surface area contributed by atoms with Crippen LogP contribution in [0.15, 0.2) is 30.3 Å². The molecule has 0 bridgehead atoms. The lowest BCUT2D eigenvalue weighted by Crippen LogP contribution is -2.54. The SMILES string of the molecule is O=C(Cc1ccccc1)NCCC(=O)NC1(C(=O)O)CCCCCC1. The zero-order valence-electron chi connectivity index (χ0n) is 14.4. The van der Waals surface area contributed by atoms with E-state index in [0.717, 1.165) is 31.2 Å². The van der Waals surface area contributed by atoms with Crippen LogP contribution in [-0.2, 0) is 20.8 Å². The van der Waals surface area contributed by atoms with Crippen molar-refractivity contribution in [2.24, 2.45) is 0 Å². The van der Waals surface area contributed by atoms with Crippen LogP contribution in [0.2, 0.25) is 0 Å². The summed E-state index contributed by atoms with van der Waals surface area (Å²) < 4.78 is 0. The highest BCUT2D eigenvalue weighted by molar-refractivity contribution is 5.87. The fraction of sp³-hybridized carbons (Fsp3) is 0.526. The number of carboxylic acid groups (broad SMARTS) is 1. The summed E-state index contributed by atoms with van der Waals surface area (Å²) in [7, 11) is 0. The molecule has 1 fully saturated rings. The first kappa shape index (κ1) is 19.0. The van der Waals surface area contributed by atoms with Gasteiger partial charge < -0.3 is 15.7 Å². The number of aliphatic carboxylic acids is 1. The van der Waals surface area contributed by atoms with Crippen LogP contribution in [0.1, 0.15) is 50.5 Å². The predicted molar refractivity (Wildman–Crippen MR) is 94.0 cm³/mol. The third kappa shape index (κ3) is 5.89. The van der Waals surface area contributed by atoms with Crippen molar-refractivity contribution in [2.75, 3.05) is 6.54 Å². The smallest absolute Gasteiger partial charge is 0.329 e. The van der Waals surface area contributed by atoms with Gasteiger partial charge in [-0.25, -0.2) is 4.79 Å². The van der Waals surface area contributed by atoms with Gasteiger partial charge in [0.25, 0.3) is 0 Å². The molecule has 0 radical (unpaired) electrons. The first-order valence-corrected chi connectivity index (χ1v) is 8.87. The van der Waals surface area contributed by atoms with Crippen LogP contribution in [0.3, 0.4) is 0 Å². The van der Waals surface area contributed by atoms with Crippen LogP contribution in [0, 0.1) is 0 Å². The van der Waals surface area contributed by atoms with Crippen LogP contribution in [0.25, 0.3) is 0 Å². The number of hydrogen-bond acceptors (Lipinski definition) is 3. The van der Waals surface area contributed by atoms with E-state index in [1.165, 1.54) is 0 Å². The normalized spacial score (nSPS) is 16.5. The average Bonchev–Trinajstić information content (AvgIpc) is 2.82. The highest BCUT2D eigenvalue weighted by Crippen LogP contribution is 2.27. The van der Waals surface area contributed by atoms with E-state index in [4.69, 9.17) is 0 Å². The Morgan fingerprint density at radius 2 is 1.60 bits per heavy atom. The van der Waals surface area contributed by atoms with Crippen LogP contribution in [-0.4, -0.2) is 35.0 Å². The predicted octanol–water partition coefficient (Wildman–Crippen LogP) is 2.03. The van der Waals surface area contributed by atoms with Crippen LogP contribution < -0.4 is 10.6 Å². The zero-order chi connectivity index (χ0) is 18.1. The van der Waals surface area contributed by atoms with E-state index in [1.807, 2.05) is 30.3 Å². The minimum absolute atomic E-state index is 0.0789. The quantitative estimate of drug-likeness (QED) is 0.658. The molecule has 1 aromatic rings. The highest BCUT2D eigenvalue weighted by Gasteiger charge is 2.39. The lowest BCUT2D eigenvalue weighted by molar-refractivity contribution is -0.148. The maximum absolute atomic E-state index is 12.1. The van der Waals surface area contributed by atoms with E-state index >= 15 is 0 Å². The molecule has 0 spiro atoms. The van der Waals surface area contributed by atoms with Gasteiger partial charge >= 0.3 is 5.97 Å². The van der Waals surface area contributed by atoms with Crippen molar-refractivity contribution in [3.05, 3.63) is 35.9 Å². The van der Waals surface area contributed by atoms with Crippen molar-refractivity contribution in [1.29, 1.82) is 0 Å². The van der Waals surface area contributed by atoms with Gasteiger partial charge in [0.15, 0.2) is 0 Å². The fourth-order valence-corrected chi connectivity index (χ4v) is 3.21. The first-order chi connectivity index (χ1) is 12.0. The molecule has 0 heterocycles. The summed E-state index contributed by atoms with van der Waals surface area (Å²) in [5.41, 5.74) is -0.241. The maximum Gasteiger partial charge on any atom is 0.329 e. The molecule has 2 rings (SSSR count). The van der Waals surface area contributed by atoms with E-state index in [1.54, 1.807) is 0 Å². The van der Waals surface area contributed by atoms with E-state index in [0.29, 0.717) is 12.8 Å². The second-order valence-electron chi connectivity index (χ2n) is 6.61. The number of carbonyl (C=O) groups excluding carboxylic acids is 2. The molecule has 25 heavy (non-hydrogen) atoms. The molecular formula is C19H26N2O4. The summed E-state index contributed by atoms with van der Waals surface area (Å²) in [4.78, 5) is 35.7. The minimum atomic E-state index is -1.15. The highest BCUT2D eigenvalue weighted by atomic mass is 16.4. The van der Waals surface area contributed by atoms with E-state index in [-0.39, 0.29) is 31.2 Å². The molecule has 6 nitrogen and oxygen atoms in total. The summed E-state index contributed by atoms with van der Waals surface area (Å²) in [5.74, 6) is -1.44. The number of benzene rings is 1. The Morgan fingerprint density at radius 1 is 0.960 bits per heavy atom. The van der Waals surface area contributed by atoms with Gasteiger partial charge in [-0.1, -0.05) is 56.0 Å². The molecule has 0 aromatic heterocycles. The third-order valence-electron chi connectivity index (χ3n) is 4.63. The van der Waals surface area contributed by atoms with Crippen molar-refractivity contribution < 1.29 is 19.5 Å². The fourth-order valence-electron chi connectivity index (χ4n) is 3.21. The Hall–Kier alpha value is -2.37. The van der Waals surface area contributed by atoms with Crippen molar-refractivity contribution >= 4 is 17.8 Å². The van der Waals surface area contributed by atoms with Crippen molar-refractivity contribution in [3.63, 3.8) is 0 Å². The van der Waals surface area contributed by atoms with E-state index < -0.39 is 11.5 Å². The first-order valence-electron chi connectivity index (χ1n) is 8.87. The molecule has 0 unspecified atom stereocenters. The van der Waals surface area contributed by atoms with Gasteiger partial charge in [-0.15, -0.1) is 0 Å². The van der Waals surface area contributed by atoms with Crippen LogP contribution in [0.4, 0.5) is 0 Å². The summed E-state index contributed by atoms with van der Waals surface area (Å²) in [6, 6.07) is 9.36. The van der Waals surface area contributed by atoms with Gasteiger partial charge in [0.2, 0.25) is 11.8 Å². The Bertz CT molecular complexity index is 593. The third-order valence-corrected chi connectivity index (χ3v) is 4.63. The number of rotatable bonds is 7. The standard InChI is InChI=1S/C19H26N2O4/c22-16(21-19(18(24)25)11-6-1-2-7-12-19)10-13-20-17(23)14-15-8-4-3-5-9-15/h3-5,8-9H,1-2,6-7,10-14H2,(H,20,23)(H,21,22)(H,24,25). The van der Waals surface area contributed by atoms with Crippen molar-refractivity contribution in [2.45, 2.75) is 56.9 Å². The van der Waals surface area contributed by atoms with Gasteiger partial charge in [0, 0.05) is 13.0 Å². The summed E-state index contributed by atoms with van der Waals surface area (Å²) in [5, 5.41) is 15.0. The van der Waals surface area contributed by atoms with Crippen LogP contribution >= 0.6 is 0 Å². The minimum Gasteiger partial charge on any atom is -0.480 e. The molecule has 3 N–H and O–H groups in total. The molecular weight excluding hydrogens is 320 g/mol. The second-order valence-corrected chi connectivity index (χ2v) is 6.61. The van der Waals surface area contributed by atoms with Crippen molar-refractivity contribution in [3.8, 4) is 0 Å². The summed E-state index contributed by atoms with van der Waals surface area (Å²) >= 11 is 0. The lowest BCUT2D eigenvalue weighted by atomic mass is 9.90. The molecule has 0 atom stereocenters. The molecule has 1 aliphatic carbocycles. The Balaban J connectivity index is 1.77. The monoisotopic (exact) mass is 346 g/mol. The molecule has 2 amide bonds. The molecule has 1 aromatic carbocycles. The van der Waals surface area contributed by atoms with Gasteiger partial charge in [-0.3, -0.25) is 9.59 Å². The molecule has 136 valence electrons. The zero-order valence-corrected chi connectivity index (χ0v) is 14.4. The maximum atomic E-state index is 12.1. The number of amides is 2. The number of nitrogens with one attached hydrogen (secondary N) is 2.